The number of nitrogens with one attached hydrogen (secondary N) is 1. The van der Waals surface area contributed by atoms with Crippen molar-refractivity contribution < 1.29 is 9.53 Å². The average Bonchev–Trinajstić information content (AvgIpc) is 2.80. The third-order valence-electron chi connectivity index (χ3n) is 8.38. The molecule has 5 aliphatic rings. The van der Waals surface area contributed by atoms with Crippen LogP contribution in [0.1, 0.15) is 59.8 Å². The topological polar surface area (TPSA) is 38.3 Å². The maximum atomic E-state index is 12.3. The summed E-state index contributed by atoms with van der Waals surface area (Å²) < 4.78 is 5.83. The lowest BCUT2D eigenvalue weighted by atomic mass is 9.42. The molecule has 5 rings (SSSR count). The number of amides is 1. The Hall–Kier alpha value is -0.990. The van der Waals surface area contributed by atoms with E-state index in [-0.39, 0.29) is 17.7 Å². The average molecular weight is 329 g/mol. The second-order valence-electron chi connectivity index (χ2n) is 10.3. The monoisotopic (exact) mass is 329 g/mol. The highest BCUT2D eigenvalue weighted by Crippen LogP contribution is 2.65. The molecule has 1 heterocycles. The van der Waals surface area contributed by atoms with E-state index < -0.39 is 0 Å². The molecule has 0 radical (unpaired) electrons. The molecule has 1 aliphatic heterocycles. The summed E-state index contributed by atoms with van der Waals surface area (Å²) >= 11 is 0. The van der Waals surface area contributed by atoms with Gasteiger partial charge in [-0.05, 0) is 79.1 Å². The van der Waals surface area contributed by atoms with Crippen molar-refractivity contribution in [2.24, 2.45) is 40.9 Å². The molecular weight excluding hydrogens is 298 g/mol. The normalized spacial score (nSPS) is 54.1. The third kappa shape index (κ3) is 1.77. The van der Waals surface area contributed by atoms with Crippen molar-refractivity contribution in [3.8, 4) is 0 Å². The Kier molecular flexibility index (Phi) is 2.92. The summed E-state index contributed by atoms with van der Waals surface area (Å²) in [5.74, 6) is 4.08. The van der Waals surface area contributed by atoms with Crippen LogP contribution in [0.3, 0.4) is 0 Å². The highest BCUT2D eigenvalue weighted by atomic mass is 16.6. The molecule has 1 saturated heterocycles. The predicted octanol–water partition coefficient (Wildman–Crippen LogP) is 4.53. The summed E-state index contributed by atoms with van der Waals surface area (Å²) in [6.07, 6.45) is 8.60. The molecule has 3 heteroatoms. The molecule has 8 atom stereocenters. The van der Waals surface area contributed by atoms with Crippen molar-refractivity contribution in [1.82, 2.24) is 5.32 Å². The standard InChI is InChI=1S/C21H31NO2/c1-11-7-13-9-20(3,4)10-14-8-16-21(22-19(23)24-16)12(2)5-6-15(11)18(21)17(13)14/h8,11-13,15-18H,5-7,9-10H2,1-4H3,(H,22,23)/t11-,12-,13-,15?,16?,17+,18-,21?/m0/s1. The summed E-state index contributed by atoms with van der Waals surface area (Å²) in [5, 5.41) is 3.37. The fourth-order valence-electron chi connectivity index (χ4n) is 7.74. The highest BCUT2D eigenvalue weighted by Gasteiger charge is 2.67. The minimum absolute atomic E-state index is 0.0427. The van der Waals surface area contributed by atoms with E-state index in [9.17, 15) is 4.79 Å². The number of hydrogen-bond acceptors (Lipinski definition) is 2. The quantitative estimate of drug-likeness (QED) is 0.663. The van der Waals surface area contributed by atoms with E-state index in [2.05, 4.69) is 39.1 Å². The number of allylic oxidation sites excluding steroid dienone is 1. The van der Waals surface area contributed by atoms with Gasteiger partial charge in [-0.15, -0.1) is 0 Å². The van der Waals surface area contributed by atoms with Gasteiger partial charge in [0.15, 0.2) is 0 Å². The van der Waals surface area contributed by atoms with Gasteiger partial charge >= 0.3 is 6.09 Å². The van der Waals surface area contributed by atoms with Crippen LogP contribution >= 0.6 is 0 Å². The first kappa shape index (κ1) is 15.3. The Morgan fingerprint density at radius 2 is 2.04 bits per heavy atom. The van der Waals surface area contributed by atoms with E-state index in [0.717, 1.165) is 17.8 Å². The van der Waals surface area contributed by atoms with Crippen LogP contribution in [0.25, 0.3) is 0 Å². The number of ether oxygens (including phenoxy) is 1. The maximum Gasteiger partial charge on any atom is 0.408 e. The van der Waals surface area contributed by atoms with Gasteiger partial charge in [-0.1, -0.05) is 33.3 Å². The molecule has 4 aliphatic carbocycles. The van der Waals surface area contributed by atoms with E-state index in [1.54, 1.807) is 5.57 Å². The Labute approximate surface area is 145 Å². The van der Waals surface area contributed by atoms with Crippen LogP contribution in [0.2, 0.25) is 0 Å². The van der Waals surface area contributed by atoms with Crippen LogP contribution in [0.15, 0.2) is 11.6 Å². The summed E-state index contributed by atoms with van der Waals surface area (Å²) in [5.41, 5.74) is 1.86. The van der Waals surface area contributed by atoms with Gasteiger partial charge in [0.25, 0.3) is 0 Å². The van der Waals surface area contributed by atoms with Crippen LogP contribution in [0, 0.1) is 40.9 Å². The molecule has 0 bridgehead atoms. The summed E-state index contributed by atoms with van der Waals surface area (Å²) in [6.45, 7) is 9.66. The first-order valence-corrected chi connectivity index (χ1v) is 10.0. The lowest BCUT2D eigenvalue weighted by Crippen LogP contribution is -2.69. The number of hydrogen-bond donors (Lipinski definition) is 1. The first-order chi connectivity index (χ1) is 11.3. The zero-order valence-corrected chi connectivity index (χ0v) is 15.5. The second kappa shape index (κ2) is 4.59. The molecule has 0 aromatic heterocycles. The molecule has 0 aromatic carbocycles. The number of alkyl carbamates (subject to hydrolysis) is 1. The van der Waals surface area contributed by atoms with E-state index in [1.165, 1.54) is 32.1 Å². The Balaban J connectivity index is 1.69. The molecule has 0 aromatic rings. The molecule has 132 valence electrons. The Bertz CT molecular complexity index is 623. The van der Waals surface area contributed by atoms with Crippen LogP contribution in [-0.4, -0.2) is 17.7 Å². The van der Waals surface area contributed by atoms with Crippen molar-refractivity contribution in [3.05, 3.63) is 11.6 Å². The van der Waals surface area contributed by atoms with Crippen molar-refractivity contribution in [3.63, 3.8) is 0 Å². The molecular formula is C21H31NO2. The highest BCUT2D eigenvalue weighted by molar-refractivity contribution is 5.73. The van der Waals surface area contributed by atoms with E-state index in [1.807, 2.05) is 0 Å². The summed E-state index contributed by atoms with van der Waals surface area (Å²) in [4.78, 5) is 12.3. The van der Waals surface area contributed by atoms with Crippen LogP contribution in [0.4, 0.5) is 4.79 Å². The van der Waals surface area contributed by atoms with Crippen LogP contribution in [0.5, 0.6) is 0 Å². The van der Waals surface area contributed by atoms with Gasteiger partial charge in [0.05, 0.1) is 5.54 Å². The SMILES string of the molecule is C[C@H]1C[C@H]2CC(C)(C)CC3=CC4OC(=O)NC45[C@@H](C)CCC1[C@H]5[C@@H]32. The molecule has 3 saturated carbocycles. The lowest BCUT2D eigenvalue weighted by molar-refractivity contribution is -0.100. The molecule has 3 unspecified atom stereocenters. The van der Waals surface area contributed by atoms with Gasteiger partial charge in [-0.25, -0.2) is 4.79 Å². The minimum atomic E-state index is -0.183. The van der Waals surface area contributed by atoms with E-state index >= 15 is 0 Å². The van der Waals surface area contributed by atoms with Crippen LogP contribution < -0.4 is 5.32 Å². The summed E-state index contributed by atoms with van der Waals surface area (Å²) in [7, 11) is 0. The second-order valence-corrected chi connectivity index (χ2v) is 10.3. The fraction of sp³-hybridized carbons (Fsp3) is 0.857. The van der Waals surface area contributed by atoms with Gasteiger partial charge in [0.2, 0.25) is 0 Å². The third-order valence-corrected chi connectivity index (χ3v) is 8.38. The first-order valence-electron chi connectivity index (χ1n) is 10.0. The van der Waals surface area contributed by atoms with Gasteiger partial charge in [0, 0.05) is 0 Å². The van der Waals surface area contributed by atoms with Crippen molar-refractivity contribution in [2.45, 2.75) is 71.4 Å². The Morgan fingerprint density at radius 3 is 2.83 bits per heavy atom. The van der Waals surface area contributed by atoms with Crippen molar-refractivity contribution >= 4 is 6.09 Å². The minimum Gasteiger partial charge on any atom is -0.439 e. The lowest BCUT2D eigenvalue weighted by Gasteiger charge is -2.64. The largest absolute Gasteiger partial charge is 0.439 e. The zero-order valence-electron chi connectivity index (χ0n) is 15.5. The molecule has 1 amide bonds. The predicted molar refractivity (Wildman–Crippen MR) is 93.4 cm³/mol. The molecule has 1 spiro atoms. The number of carbonyl (C=O) groups excluding carboxylic acids is 1. The number of carbonyl (C=O) groups is 1. The molecule has 4 fully saturated rings. The van der Waals surface area contributed by atoms with Crippen molar-refractivity contribution in [1.29, 1.82) is 0 Å². The Morgan fingerprint density at radius 1 is 1.25 bits per heavy atom. The van der Waals surface area contributed by atoms with Crippen molar-refractivity contribution in [2.75, 3.05) is 0 Å². The van der Waals surface area contributed by atoms with Gasteiger partial charge in [-0.2, -0.15) is 0 Å². The maximum absolute atomic E-state index is 12.3. The van der Waals surface area contributed by atoms with Gasteiger partial charge in [-0.3, -0.25) is 0 Å². The van der Waals surface area contributed by atoms with Crippen LogP contribution in [-0.2, 0) is 4.74 Å². The molecule has 1 N–H and O–H groups in total. The summed E-state index contributed by atoms with van der Waals surface area (Å²) in [6, 6.07) is 0. The zero-order chi connectivity index (χ0) is 16.9. The number of rotatable bonds is 0. The molecule has 24 heavy (non-hydrogen) atoms. The molecule has 3 nitrogen and oxygen atoms in total. The van der Waals surface area contributed by atoms with Gasteiger partial charge < -0.3 is 10.1 Å². The van der Waals surface area contributed by atoms with E-state index in [4.69, 9.17) is 4.74 Å². The smallest absolute Gasteiger partial charge is 0.408 e. The van der Waals surface area contributed by atoms with Gasteiger partial charge in [0.1, 0.15) is 6.10 Å². The fourth-order valence-corrected chi connectivity index (χ4v) is 7.74. The van der Waals surface area contributed by atoms with E-state index in [0.29, 0.717) is 23.2 Å².